The summed E-state index contributed by atoms with van der Waals surface area (Å²) < 4.78 is 27.6. The van der Waals surface area contributed by atoms with Gasteiger partial charge in [0.2, 0.25) is 5.69 Å². The number of nitrogens with zero attached hydrogens (tertiary/aromatic N) is 6. The molecule has 0 radical (unpaired) electrons. The minimum absolute atomic E-state index is 0.249. The van der Waals surface area contributed by atoms with Crippen LogP contribution < -0.4 is 0 Å². The highest BCUT2D eigenvalue weighted by molar-refractivity contribution is 6.26. The predicted octanol–water partition coefficient (Wildman–Crippen LogP) is 18.2. The van der Waals surface area contributed by atoms with E-state index in [4.69, 9.17) is 18.1 Å². The Morgan fingerprint density at radius 2 is 0.737 bits per heavy atom. The molecule has 76 heavy (non-hydrogen) atoms. The fourth-order valence-corrected chi connectivity index (χ4v) is 12.7. The Balaban J connectivity index is 1.19. The van der Waals surface area contributed by atoms with Crippen molar-refractivity contribution in [3.8, 4) is 34.3 Å². The number of benzene rings is 10. The Hall–Kier alpha value is -10.9. The van der Waals surface area contributed by atoms with Crippen molar-refractivity contribution in [2.24, 2.45) is 0 Å². The lowest BCUT2D eigenvalue weighted by molar-refractivity contribution is 0.670. The van der Waals surface area contributed by atoms with Crippen molar-refractivity contribution in [3.63, 3.8) is 0 Å². The van der Waals surface area contributed by atoms with Gasteiger partial charge in [0, 0.05) is 82.6 Å². The zero-order valence-electron chi connectivity index (χ0n) is 40.0. The fourth-order valence-electron chi connectivity index (χ4n) is 12.7. The summed E-state index contributed by atoms with van der Waals surface area (Å²) in [5.74, 6) is 0. The molecule has 7 heterocycles. The highest BCUT2D eigenvalue weighted by atomic mass is 16.3. The molecule has 17 rings (SSSR count). The maximum Gasteiger partial charge on any atom is 0.237 e. The second-order valence-electron chi connectivity index (χ2n) is 19.5. The van der Waals surface area contributed by atoms with Crippen molar-refractivity contribution < 1.29 is 13.3 Å². The fraction of sp³-hybridized carbons (Fsp3) is 0. The summed E-state index contributed by atoms with van der Waals surface area (Å²) in [7, 11) is 0. The van der Waals surface area contributed by atoms with Crippen LogP contribution in [0.1, 0.15) is 5.56 Å². The molecule has 0 unspecified atom stereocenters. The van der Waals surface area contributed by atoms with Crippen LogP contribution in [0.3, 0.4) is 0 Å². The molecule has 0 aliphatic carbocycles. The predicted molar refractivity (Wildman–Crippen MR) is 306 cm³/mol. The van der Waals surface area contributed by atoms with Gasteiger partial charge in [0.25, 0.3) is 0 Å². The number of nitriles is 1. The maximum atomic E-state index is 12.4. The quantitative estimate of drug-likeness (QED) is 0.164. The van der Waals surface area contributed by atoms with E-state index in [1.807, 2.05) is 91.0 Å². The summed E-state index contributed by atoms with van der Waals surface area (Å²) in [4.78, 5) is 9.32. The Bertz CT molecular complexity index is 5510. The van der Waals surface area contributed by atoms with E-state index in [1.54, 1.807) is 12.4 Å². The second kappa shape index (κ2) is 14.9. The van der Waals surface area contributed by atoms with Gasteiger partial charge in [-0.1, -0.05) is 127 Å². The number of para-hydroxylation sites is 6. The minimum atomic E-state index is 0.249. The molecule has 9 nitrogen and oxygen atoms in total. The Morgan fingerprint density at radius 3 is 1.14 bits per heavy atom. The molecule has 0 N–H and O–H groups in total. The second-order valence-corrected chi connectivity index (χ2v) is 19.5. The number of hydrogen-bond acceptors (Lipinski definition) is 5. The summed E-state index contributed by atoms with van der Waals surface area (Å²) in [6.45, 7) is 9.87. The SMILES string of the molecule is [C-]#[N+]c1c(-n2c3ccccc3c3ccc4c5ccccc5oc4c32)c(C#N)c(-c2ccncc2)c(-n2c3ccccc3c3ccc4c5ccccc5oc4c32)c1-n1c2ccccc2c2ccc3c4ccccc4oc3c21. The Labute approximate surface area is 429 Å². The number of rotatable bonds is 4. The molecule has 0 amide bonds. The van der Waals surface area contributed by atoms with Crippen LogP contribution in [-0.4, -0.2) is 18.7 Å². The van der Waals surface area contributed by atoms with Crippen molar-refractivity contribution in [1.29, 1.82) is 5.26 Å². The van der Waals surface area contributed by atoms with Gasteiger partial charge in [-0.25, -0.2) is 4.85 Å². The van der Waals surface area contributed by atoms with E-state index in [-0.39, 0.29) is 5.69 Å². The van der Waals surface area contributed by atoms with E-state index < -0.39 is 0 Å². The molecule has 0 saturated carbocycles. The van der Waals surface area contributed by atoms with E-state index in [0.29, 0.717) is 44.9 Å². The first-order valence-electron chi connectivity index (χ1n) is 25.1. The van der Waals surface area contributed by atoms with Gasteiger partial charge in [0.1, 0.15) is 22.8 Å². The molecule has 0 fully saturated rings. The van der Waals surface area contributed by atoms with Crippen molar-refractivity contribution in [2.75, 3.05) is 0 Å². The average molecular weight is 971 g/mol. The van der Waals surface area contributed by atoms with Gasteiger partial charge in [-0.05, 0) is 72.3 Å². The average Bonchev–Trinajstić information content (AvgIpc) is 4.51. The first-order chi connectivity index (χ1) is 37.7. The lowest BCUT2D eigenvalue weighted by atomic mass is 9.93. The van der Waals surface area contributed by atoms with E-state index >= 15 is 0 Å². The van der Waals surface area contributed by atoms with Gasteiger partial charge < -0.3 is 27.0 Å². The van der Waals surface area contributed by atoms with Crippen LogP contribution in [0.25, 0.3) is 164 Å². The molecule has 0 spiro atoms. The lowest BCUT2D eigenvalue weighted by Crippen LogP contribution is -2.11. The number of aromatic nitrogens is 4. The third kappa shape index (κ3) is 5.12. The van der Waals surface area contributed by atoms with E-state index in [1.165, 1.54) is 0 Å². The topological polar surface area (TPSA) is 95.2 Å². The van der Waals surface area contributed by atoms with Crippen molar-refractivity contribution in [3.05, 3.63) is 223 Å². The molecule has 7 aromatic heterocycles. The molecular weight excluding hydrogens is 937 g/mol. The molecular formula is C67H34N6O3. The van der Waals surface area contributed by atoms with E-state index in [0.717, 1.165) is 120 Å². The van der Waals surface area contributed by atoms with Crippen molar-refractivity contribution in [2.45, 2.75) is 0 Å². The van der Waals surface area contributed by atoms with Gasteiger partial charge in [-0.3, -0.25) is 4.98 Å². The molecule has 0 aliphatic heterocycles. The maximum absolute atomic E-state index is 12.4. The molecule has 9 heteroatoms. The van der Waals surface area contributed by atoms with Crippen LogP contribution in [0.15, 0.2) is 220 Å². The Kier molecular flexibility index (Phi) is 7.96. The van der Waals surface area contributed by atoms with Gasteiger partial charge in [0.05, 0.1) is 62.3 Å². The summed E-state index contributed by atoms with van der Waals surface area (Å²) in [5.41, 5.74) is 12.6. The standard InChI is InChI=1S/C67H34N6O3/c1-69-58-59(71-51-20-8-2-14-38(51)44-26-29-47-41-17-5-11-23-54(41)74-65(47)60(44)71)50(36-68)57(37-32-34-70-35-33-37)63(72-52-21-9-3-15-39(52)45-27-30-48-42-18-6-12-24-55(42)75-66(48)61(45)72)64(58)73-53-22-10-4-16-40(53)46-28-31-49-43-19-7-13-25-56(43)76-67(49)62(46)73/h2-35H. The summed E-state index contributed by atoms with van der Waals surface area (Å²) in [5, 5.41) is 23.9. The molecule has 0 atom stereocenters. The summed E-state index contributed by atoms with van der Waals surface area (Å²) >= 11 is 0. The highest BCUT2D eigenvalue weighted by Gasteiger charge is 2.35. The van der Waals surface area contributed by atoms with Crippen LogP contribution in [0.2, 0.25) is 0 Å². The van der Waals surface area contributed by atoms with Crippen LogP contribution >= 0.6 is 0 Å². The largest absolute Gasteiger partial charge is 0.454 e. The zero-order valence-corrected chi connectivity index (χ0v) is 40.0. The number of fused-ring (bicyclic) bond motifs is 21. The van der Waals surface area contributed by atoms with Gasteiger partial charge in [-0.15, -0.1) is 0 Å². The van der Waals surface area contributed by atoms with Crippen LogP contribution in [0, 0.1) is 17.9 Å². The summed E-state index contributed by atoms with van der Waals surface area (Å²) in [6, 6.07) is 68.9. The van der Waals surface area contributed by atoms with Gasteiger partial charge >= 0.3 is 0 Å². The van der Waals surface area contributed by atoms with Crippen LogP contribution in [0.4, 0.5) is 5.69 Å². The lowest BCUT2D eigenvalue weighted by Gasteiger charge is -2.26. The first-order valence-corrected chi connectivity index (χ1v) is 25.1. The molecule has 0 saturated heterocycles. The zero-order chi connectivity index (χ0) is 49.9. The Morgan fingerprint density at radius 1 is 0.382 bits per heavy atom. The third-order valence-electron chi connectivity index (χ3n) is 15.8. The normalized spacial score (nSPS) is 12.2. The van der Waals surface area contributed by atoms with Gasteiger partial charge in [-0.2, -0.15) is 5.26 Å². The van der Waals surface area contributed by atoms with Gasteiger partial charge in [0.15, 0.2) is 16.7 Å². The molecule has 10 aromatic carbocycles. The number of pyridine rings is 1. The minimum Gasteiger partial charge on any atom is -0.454 e. The smallest absolute Gasteiger partial charge is 0.237 e. The third-order valence-corrected chi connectivity index (χ3v) is 15.8. The molecule has 0 bridgehead atoms. The van der Waals surface area contributed by atoms with E-state index in [2.05, 4.69) is 128 Å². The van der Waals surface area contributed by atoms with Crippen molar-refractivity contribution in [1.82, 2.24) is 18.7 Å². The first kappa shape index (κ1) is 40.7. The monoisotopic (exact) mass is 970 g/mol. The molecule has 17 aromatic rings. The number of hydrogen-bond donors (Lipinski definition) is 0. The van der Waals surface area contributed by atoms with Crippen LogP contribution in [-0.2, 0) is 0 Å². The number of furan rings is 3. The summed E-state index contributed by atoms with van der Waals surface area (Å²) in [6.07, 6.45) is 3.53. The van der Waals surface area contributed by atoms with Crippen molar-refractivity contribution >= 4 is 137 Å². The molecule has 350 valence electrons. The van der Waals surface area contributed by atoms with E-state index in [9.17, 15) is 11.8 Å². The molecule has 0 aliphatic rings. The highest BCUT2D eigenvalue weighted by Crippen LogP contribution is 2.54. The van der Waals surface area contributed by atoms with Crippen LogP contribution in [0.5, 0.6) is 0 Å².